The number of carbonyl (C=O) groups is 2. The Morgan fingerprint density at radius 2 is 0.797 bits per heavy atom. The van der Waals surface area contributed by atoms with Crippen LogP contribution >= 0.6 is 7.82 Å². The molecule has 2 atom stereocenters. The van der Waals surface area contributed by atoms with Gasteiger partial charge in [0.05, 0.1) is 13.2 Å². The van der Waals surface area contributed by atoms with Crippen molar-refractivity contribution >= 4 is 19.8 Å². The first-order chi connectivity index (χ1) is 33.8. The van der Waals surface area contributed by atoms with Crippen molar-refractivity contribution in [2.45, 2.75) is 277 Å². The van der Waals surface area contributed by atoms with Gasteiger partial charge in [-0.05, 0) is 77.0 Å². The van der Waals surface area contributed by atoms with Crippen LogP contribution in [0, 0.1) is 0 Å². The molecule has 402 valence electrons. The van der Waals surface area contributed by atoms with E-state index in [0.29, 0.717) is 6.42 Å². The maximum Gasteiger partial charge on any atom is 0.472 e. The van der Waals surface area contributed by atoms with Gasteiger partial charge < -0.3 is 20.1 Å². The highest BCUT2D eigenvalue weighted by atomic mass is 31.2. The summed E-state index contributed by atoms with van der Waals surface area (Å²) in [6, 6.07) is 0. The quantitative estimate of drug-likeness (QED) is 0.0264. The molecule has 9 nitrogen and oxygen atoms in total. The fourth-order valence-electron chi connectivity index (χ4n) is 8.15. The molecule has 0 aromatic carbocycles. The number of allylic oxidation sites excluding steroid dienone is 10. The van der Waals surface area contributed by atoms with Crippen LogP contribution in [0.4, 0.5) is 0 Å². The molecule has 0 rings (SSSR count). The number of hydrogen-bond donors (Lipinski definition) is 2. The molecule has 0 aromatic rings. The minimum Gasteiger partial charge on any atom is -0.462 e. The summed E-state index contributed by atoms with van der Waals surface area (Å²) in [7, 11) is -4.40. The third-order valence-electron chi connectivity index (χ3n) is 12.4. The Balaban J connectivity index is 3.86. The monoisotopic (exact) mass is 990 g/mol. The highest BCUT2D eigenvalue weighted by Crippen LogP contribution is 2.43. The van der Waals surface area contributed by atoms with Crippen molar-refractivity contribution in [1.29, 1.82) is 0 Å². The Labute approximate surface area is 425 Å². The van der Waals surface area contributed by atoms with Gasteiger partial charge in [-0.2, -0.15) is 0 Å². The molecule has 0 spiro atoms. The molecule has 0 radical (unpaired) electrons. The van der Waals surface area contributed by atoms with Gasteiger partial charge >= 0.3 is 19.8 Å². The second kappa shape index (κ2) is 55.0. The van der Waals surface area contributed by atoms with E-state index in [1.165, 1.54) is 180 Å². The third kappa shape index (κ3) is 54.9. The fraction of sp³-hybridized carbons (Fsp3) is 0.797. The van der Waals surface area contributed by atoms with Crippen LogP contribution < -0.4 is 5.73 Å². The molecule has 69 heavy (non-hydrogen) atoms. The molecule has 2 unspecified atom stereocenters. The Hall–Kier alpha value is -2.29. The van der Waals surface area contributed by atoms with E-state index in [2.05, 4.69) is 74.6 Å². The first-order valence-corrected chi connectivity index (χ1v) is 30.3. The van der Waals surface area contributed by atoms with Crippen LogP contribution in [0.1, 0.15) is 271 Å². The average molecular weight is 990 g/mol. The summed E-state index contributed by atoms with van der Waals surface area (Å²) in [4.78, 5) is 35.1. The van der Waals surface area contributed by atoms with Crippen molar-refractivity contribution in [2.24, 2.45) is 5.73 Å². The van der Waals surface area contributed by atoms with Crippen molar-refractivity contribution in [2.75, 3.05) is 26.4 Å². The highest BCUT2D eigenvalue weighted by Gasteiger charge is 2.26. The molecule has 0 aliphatic heterocycles. The number of rotatable bonds is 54. The molecule has 0 saturated heterocycles. The summed E-state index contributed by atoms with van der Waals surface area (Å²) in [5.41, 5.74) is 5.37. The highest BCUT2D eigenvalue weighted by molar-refractivity contribution is 7.47. The molecule has 10 heteroatoms. The zero-order valence-corrected chi connectivity index (χ0v) is 45.7. The molecule has 0 aliphatic carbocycles. The van der Waals surface area contributed by atoms with Crippen LogP contribution in [0.2, 0.25) is 0 Å². The van der Waals surface area contributed by atoms with E-state index in [4.69, 9.17) is 24.3 Å². The van der Waals surface area contributed by atoms with Gasteiger partial charge in [0.2, 0.25) is 0 Å². The van der Waals surface area contributed by atoms with Crippen molar-refractivity contribution in [3.8, 4) is 0 Å². The Morgan fingerprint density at radius 3 is 1.23 bits per heavy atom. The van der Waals surface area contributed by atoms with Gasteiger partial charge in [-0.1, -0.05) is 242 Å². The number of phosphoric ester groups is 1. The summed E-state index contributed by atoms with van der Waals surface area (Å²) in [5.74, 6) is -0.870. The molecule has 3 N–H and O–H groups in total. The molecule has 0 aromatic heterocycles. The molecule has 0 aliphatic rings. The normalized spacial score (nSPS) is 13.5. The molecule has 0 amide bonds. The SMILES string of the molecule is CC/C=C\C/C=C\C/C=C\C/C=C\CCCCC(=O)OC(COC(=O)CCCCCCCCCCCCCCCCCCCCCCC/C=C\CCCCCCCCCC)COP(=O)(O)OCCN. The van der Waals surface area contributed by atoms with Crippen LogP contribution in [0.5, 0.6) is 0 Å². The zero-order valence-electron chi connectivity index (χ0n) is 44.8. The van der Waals surface area contributed by atoms with Crippen LogP contribution in [-0.4, -0.2) is 49.3 Å². The lowest BCUT2D eigenvalue weighted by atomic mass is 10.0. The minimum absolute atomic E-state index is 0.0454. The summed E-state index contributed by atoms with van der Waals surface area (Å²) in [6.45, 7) is 3.60. The minimum atomic E-state index is -4.40. The van der Waals surface area contributed by atoms with E-state index in [-0.39, 0.29) is 38.6 Å². The third-order valence-corrected chi connectivity index (χ3v) is 13.4. The number of hydrogen-bond acceptors (Lipinski definition) is 8. The second-order valence-electron chi connectivity index (χ2n) is 19.1. The predicted molar refractivity (Wildman–Crippen MR) is 293 cm³/mol. The van der Waals surface area contributed by atoms with E-state index in [1.807, 2.05) is 0 Å². The second-order valence-corrected chi connectivity index (χ2v) is 20.6. The molecule has 0 heterocycles. The lowest BCUT2D eigenvalue weighted by molar-refractivity contribution is -0.161. The maximum atomic E-state index is 12.6. The topological polar surface area (TPSA) is 134 Å². The largest absolute Gasteiger partial charge is 0.472 e. The van der Waals surface area contributed by atoms with Gasteiger partial charge in [0.25, 0.3) is 0 Å². The lowest BCUT2D eigenvalue weighted by Gasteiger charge is -2.19. The summed E-state index contributed by atoms with van der Waals surface area (Å²) in [5, 5.41) is 0. The van der Waals surface area contributed by atoms with Gasteiger partial charge in [-0.15, -0.1) is 0 Å². The lowest BCUT2D eigenvalue weighted by Crippen LogP contribution is -2.29. The maximum absolute atomic E-state index is 12.6. The van der Waals surface area contributed by atoms with Crippen LogP contribution in [0.15, 0.2) is 60.8 Å². The molecular formula is C59H108NO8P. The van der Waals surface area contributed by atoms with E-state index < -0.39 is 26.5 Å². The van der Waals surface area contributed by atoms with E-state index in [9.17, 15) is 19.0 Å². The number of phosphoric acid groups is 1. The van der Waals surface area contributed by atoms with Gasteiger partial charge in [0.1, 0.15) is 6.61 Å². The van der Waals surface area contributed by atoms with Crippen molar-refractivity contribution < 1.29 is 37.6 Å². The summed E-state index contributed by atoms with van der Waals surface area (Å²) in [6.07, 6.45) is 68.8. The van der Waals surface area contributed by atoms with Gasteiger partial charge in [0, 0.05) is 19.4 Å². The number of carbonyl (C=O) groups excluding carboxylic acids is 2. The summed E-state index contributed by atoms with van der Waals surface area (Å²) >= 11 is 0. The molecule has 0 fully saturated rings. The predicted octanol–water partition coefficient (Wildman–Crippen LogP) is 18.0. The first kappa shape index (κ1) is 66.7. The number of ether oxygens (including phenoxy) is 2. The summed E-state index contributed by atoms with van der Waals surface area (Å²) < 4.78 is 32.9. The molecule has 0 saturated carbocycles. The van der Waals surface area contributed by atoms with E-state index >= 15 is 0 Å². The van der Waals surface area contributed by atoms with Gasteiger partial charge in [-0.25, -0.2) is 4.57 Å². The van der Waals surface area contributed by atoms with Crippen molar-refractivity contribution in [3.63, 3.8) is 0 Å². The van der Waals surface area contributed by atoms with Gasteiger partial charge in [0.15, 0.2) is 6.10 Å². The standard InChI is InChI=1S/C59H108NO8P/c1-3-5-7-9-11-13-15-17-19-20-21-22-23-24-25-26-27-28-29-30-31-32-33-34-35-36-38-39-41-43-45-47-49-51-58(61)65-55-57(56-67-69(63,64)66-54-53-60)68-59(62)52-50-48-46-44-42-40-37-18-16-14-12-10-8-6-4-2/h6,8,12,14,18,20-21,37,42,44,57H,3-5,7,9-11,13,15-17,19,22-36,38-41,43,45-56,60H2,1-2H3,(H,63,64)/b8-6-,14-12-,21-20-,37-18-,44-42-. The zero-order chi connectivity index (χ0) is 50.2. The van der Waals surface area contributed by atoms with E-state index in [0.717, 1.165) is 57.8 Å². The Morgan fingerprint density at radius 1 is 0.449 bits per heavy atom. The van der Waals surface area contributed by atoms with E-state index in [1.54, 1.807) is 0 Å². The van der Waals surface area contributed by atoms with Crippen LogP contribution in [0.25, 0.3) is 0 Å². The van der Waals surface area contributed by atoms with Crippen molar-refractivity contribution in [1.82, 2.24) is 0 Å². The number of esters is 2. The Bertz CT molecular complexity index is 1310. The smallest absolute Gasteiger partial charge is 0.462 e. The van der Waals surface area contributed by atoms with Crippen molar-refractivity contribution in [3.05, 3.63) is 60.8 Å². The Kier molecular flexibility index (Phi) is 53.2. The number of unbranched alkanes of at least 4 members (excludes halogenated alkanes) is 31. The first-order valence-electron chi connectivity index (χ1n) is 28.8. The molecule has 0 bridgehead atoms. The average Bonchev–Trinajstić information content (AvgIpc) is 3.34. The van der Waals surface area contributed by atoms with Crippen LogP contribution in [0.3, 0.4) is 0 Å². The van der Waals surface area contributed by atoms with Gasteiger partial charge in [-0.3, -0.25) is 18.6 Å². The van der Waals surface area contributed by atoms with Crippen LogP contribution in [-0.2, 0) is 32.7 Å². The fourth-order valence-corrected chi connectivity index (χ4v) is 8.92. The number of nitrogens with two attached hydrogens (primary N) is 1. The molecular weight excluding hydrogens is 882 g/mol.